The molecule has 0 radical (unpaired) electrons. The molecule has 1 aromatic carbocycles. The number of aromatic nitrogens is 3. The Labute approximate surface area is 125 Å². The van der Waals surface area contributed by atoms with Gasteiger partial charge in [0, 0.05) is 22.3 Å². The molecule has 8 heteroatoms. The monoisotopic (exact) mass is 309 g/mol. The second-order valence-electron chi connectivity index (χ2n) is 4.64. The Morgan fingerprint density at radius 3 is 3.14 bits per heavy atom. The Kier molecular flexibility index (Phi) is 3.76. The van der Waals surface area contributed by atoms with Crippen LogP contribution in [0.3, 0.4) is 0 Å². The quantitative estimate of drug-likeness (QED) is 0.920. The number of aliphatic carboxylic acids is 1. The SMILES string of the molecule is O=C(O)Cc1cn(Cc2cc(Cl)cc3c2OCOC3)nn1. The molecule has 2 aromatic rings. The molecule has 0 bridgehead atoms. The van der Waals surface area contributed by atoms with Crippen LogP contribution in [0.4, 0.5) is 0 Å². The number of benzene rings is 1. The van der Waals surface area contributed by atoms with Gasteiger partial charge in [0.25, 0.3) is 0 Å². The summed E-state index contributed by atoms with van der Waals surface area (Å²) in [6.45, 7) is 1.04. The number of carboxylic acid groups (broad SMARTS) is 1. The third-order valence-electron chi connectivity index (χ3n) is 3.00. The summed E-state index contributed by atoms with van der Waals surface area (Å²) in [7, 11) is 0. The fourth-order valence-corrected chi connectivity index (χ4v) is 2.46. The van der Waals surface area contributed by atoms with Crippen molar-refractivity contribution >= 4 is 17.6 Å². The molecule has 0 fully saturated rings. The molecule has 21 heavy (non-hydrogen) atoms. The second-order valence-corrected chi connectivity index (χ2v) is 5.08. The Bertz CT molecular complexity index is 686. The number of carboxylic acids is 1. The molecule has 1 aliphatic rings. The number of hydrogen-bond acceptors (Lipinski definition) is 5. The molecule has 0 aliphatic carbocycles. The highest BCUT2D eigenvalue weighted by molar-refractivity contribution is 6.30. The van der Waals surface area contributed by atoms with Gasteiger partial charge in [-0.25, -0.2) is 4.68 Å². The fourth-order valence-electron chi connectivity index (χ4n) is 2.20. The van der Waals surface area contributed by atoms with E-state index in [-0.39, 0.29) is 13.2 Å². The van der Waals surface area contributed by atoms with Crippen LogP contribution in [0.15, 0.2) is 18.3 Å². The molecule has 3 rings (SSSR count). The number of rotatable bonds is 4. The third kappa shape index (κ3) is 3.14. The third-order valence-corrected chi connectivity index (χ3v) is 3.22. The molecular weight excluding hydrogens is 298 g/mol. The largest absolute Gasteiger partial charge is 0.481 e. The zero-order chi connectivity index (χ0) is 14.8. The van der Waals surface area contributed by atoms with E-state index in [1.54, 1.807) is 23.0 Å². The van der Waals surface area contributed by atoms with Gasteiger partial charge in [0.1, 0.15) is 5.75 Å². The maximum absolute atomic E-state index is 10.6. The van der Waals surface area contributed by atoms with Gasteiger partial charge in [-0.1, -0.05) is 16.8 Å². The summed E-state index contributed by atoms with van der Waals surface area (Å²) in [6, 6.07) is 3.60. The molecule has 1 N–H and O–H groups in total. The van der Waals surface area contributed by atoms with Crippen LogP contribution >= 0.6 is 11.6 Å². The van der Waals surface area contributed by atoms with Gasteiger partial charge in [-0.05, 0) is 12.1 Å². The van der Waals surface area contributed by atoms with Crippen LogP contribution in [0, 0.1) is 0 Å². The fraction of sp³-hybridized carbons (Fsp3) is 0.308. The van der Waals surface area contributed by atoms with Crippen LogP contribution in [-0.4, -0.2) is 32.9 Å². The van der Waals surface area contributed by atoms with Gasteiger partial charge in [-0.3, -0.25) is 4.79 Å². The molecule has 0 saturated carbocycles. The van der Waals surface area contributed by atoms with E-state index in [9.17, 15) is 4.79 Å². The first-order valence-corrected chi connectivity index (χ1v) is 6.62. The van der Waals surface area contributed by atoms with Gasteiger partial charge >= 0.3 is 5.97 Å². The van der Waals surface area contributed by atoms with E-state index in [4.69, 9.17) is 26.2 Å². The molecule has 0 saturated heterocycles. The van der Waals surface area contributed by atoms with Gasteiger partial charge < -0.3 is 14.6 Å². The summed E-state index contributed by atoms with van der Waals surface area (Å²) in [5.41, 5.74) is 2.14. The van der Waals surface area contributed by atoms with Crippen molar-refractivity contribution in [3.8, 4) is 5.75 Å². The summed E-state index contributed by atoms with van der Waals surface area (Å²) in [6.07, 6.45) is 1.44. The molecule has 0 atom stereocenters. The number of nitrogens with zero attached hydrogens (tertiary/aromatic N) is 3. The molecular formula is C13H12ClN3O4. The lowest BCUT2D eigenvalue weighted by molar-refractivity contribution is -0.136. The van der Waals surface area contributed by atoms with Crippen molar-refractivity contribution in [1.29, 1.82) is 0 Å². The van der Waals surface area contributed by atoms with Crippen LogP contribution < -0.4 is 4.74 Å². The predicted octanol–water partition coefficient (Wildman–Crippen LogP) is 1.47. The second kappa shape index (κ2) is 5.71. The summed E-state index contributed by atoms with van der Waals surface area (Å²) in [5, 5.41) is 17.1. The maximum Gasteiger partial charge on any atom is 0.309 e. The number of halogens is 1. The van der Waals surface area contributed by atoms with E-state index >= 15 is 0 Å². The topological polar surface area (TPSA) is 86.5 Å². The van der Waals surface area contributed by atoms with E-state index < -0.39 is 5.97 Å². The molecule has 2 heterocycles. The molecule has 0 unspecified atom stereocenters. The van der Waals surface area contributed by atoms with Gasteiger partial charge in [0.2, 0.25) is 0 Å². The van der Waals surface area contributed by atoms with Crippen molar-refractivity contribution in [3.63, 3.8) is 0 Å². The summed E-state index contributed by atoms with van der Waals surface area (Å²) in [5.74, 6) is -0.205. The molecule has 1 aliphatic heterocycles. The average molecular weight is 310 g/mol. The summed E-state index contributed by atoms with van der Waals surface area (Å²) < 4.78 is 12.3. The Morgan fingerprint density at radius 1 is 1.48 bits per heavy atom. The maximum atomic E-state index is 10.6. The smallest absolute Gasteiger partial charge is 0.309 e. The Hall–Kier alpha value is -2.12. The van der Waals surface area contributed by atoms with Crippen molar-refractivity contribution in [1.82, 2.24) is 15.0 Å². The number of carbonyl (C=O) groups is 1. The van der Waals surface area contributed by atoms with Crippen LogP contribution in [0.25, 0.3) is 0 Å². The summed E-state index contributed by atoms with van der Waals surface area (Å²) in [4.78, 5) is 10.6. The first-order chi connectivity index (χ1) is 10.1. The van der Waals surface area contributed by atoms with Gasteiger partial charge in [-0.2, -0.15) is 0 Å². The lowest BCUT2D eigenvalue weighted by Gasteiger charge is -2.21. The molecule has 0 amide bonds. The molecule has 0 spiro atoms. The minimum atomic E-state index is -0.942. The number of hydrogen-bond donors (Lipinski definition) is 1. The van der Waals surface area contributed by atoms with Crippen LogP contribution in [0.1, 0.15) is 16.8 Å². The van der Waals surface area contributed by atoms with Crippen molar-refractivity contribution in [2.24, 2.45) is 0 Å². The Balaban J connectivity index is 1.86. The normalized spacial score (nSPS) is 13.6. The zero-order valence-corrected chi connectivity index (χ0v) is 11.7. The standard InChI is InChI=1S/C13H12ClN3O4/c14-10-1-8(13-9(2-10)6-20-7-21-13)4-17-5-11(15-16-17)3-12(18)19/h1-2,5H,3-4,6-7H2,(H,18,19). The average Bonchev–Trinajstić information content (AvgIpc) is 2.85. The molecule has 1 aromatic heterocycles. The first kappa shape index (κ1) is 13.8. The van der Waals surface area contributed by atoms with Gasteiger partial charge in [0.05, 0.1) is 25.3 Å². The van der Waals surface area contributed by atoms with Gasteiger partial charge in [-0.15, -0.1) is 5.10 Å². The first-order valence-electron chi connectivity index (χ1n) is 6.24. The van der Waals surface area contributed by atoms with Crippen LogP contribution in [0.2, 0.25) is 5.02 Å². The highest BCUT2D eigenvalue weighted by atomic mass is 35.5. The van der Waals surface area contributed by atoms with Crippen molar-refractivity contribution < 1.29 is 19.4 Å². The van der Waals surface area contributed by atoms with E-state index in [0.717, 1.165) is 16.9 Å². The van der Waals surface area contributed by atoms with E-state index in [1.165, 1.54) is 0 Å². The lowest BCUT2D eigenvalue weighted by atomic mass is 10.1. The minimum Gasteiger partial charge on any atom is -0.481 e. The Morgan fingerprint density at radius 2 is 2.33 bits per heavy atom. The number of fused-ring (bicyclic) bond motifs is 1. The highest BCUT2D eigenvalue weighted by Crippen LogP contribution is 2.32. The zero-order valence-electron chi connectivity index (χ0n) is 11.0. The van der Waals surface area contributed by atoms with Crippen LogP contribution in [-0.2, 0) is 29.1 Å². The molecule has 7 nitrogen and oxygen atoms in total. The van der Waals surface area contributed by atoms with Crippen molar-refractivity contribution in [2.45, 2.75) is 19.6 Å². The number of ether oxygens (including phenoxy) is 2. The van der Waals surface area contributed by atoms with E-state index in [0.29, 0.717) is 23.9 Å². The predicted molar refractivity (Wildman–Crippen MR) is 72.2 cm³/mol. The minimum absolute atomic E-state index is 0.155. The van der Waals surface area contributed by atoms with Crippen molar-refractivity contribution in [2.75, 3.05) is 6.79 Å². The van der Waals surface area contributed by atoms with E-state index in [2.05, 4.69) is 10.3 Å². The lowest BCUT2D eigenvalue weighted by Crippen LogP contribution is -2.14. The van der Waals surface area contributed by atoms with Gasteiger partial charge in [0.15, 0.2) is 6.79 Å². The van der Waals surface area contributed by atoms with Crippen molar-refractivity contribution in [3.05, 3.63) is 40.2 Å². The van der Waals surface area contributed by atoms with Crippen LogP contribution in [0.5, 0.6) is 5.75 Å². The molecule has 110 valence electrons. The summed E-state index contributed by atoms with van der Waals surface area (Å²) >= 11 is 6.09. The van der Waals surface area contributed by atoms with E-state index in [1.807, 2.05) is 0 Å². The highest BCUT2D eigenvalue weighted by Gasteiger charge is 2.17.